The molecule has 0 saturated carbocycles. The highest BCUT2D eigenvalue weighted by Crippen LogP contribution is 2.25. The third-order valence-corrected chi connectivity index (χ3v) is 4.43. The largest absolute Gasteiger partial charge is 0.496 e. The summed E-state index contributed by atoms with van der Waals surface area (Å²) in [5.74, 6) is 1.68. The molecule has 3 rings (SSSR count). The fourth-order valence-corrected chi connectivity index (χ4v) is 3.16. The highest BCUT2D eigenvalue weighted by Gasteiger charge is 2.14. The number of nitrogens with zero attached hydrogens (tertiary/aromatic N) is 2. The van der Waals surface area contributed by atoms with E-state index in [1.54, 1.807) is 13.3 Å². The van der Waals surface area contributed by atoms with E-state index >= 15 is 0 Å². The van der Waals surface area contributed by atoms with E-state index in [9.17, 15) is 0 Å². The van der Waals surface area contributed by atoms with Gasteiger partial charge in [0.2, 0.25) is 0 Å². The Morgan fingerprint density at radius 2 is 1.54 bits per heavy atom. The van der Waals surface area contributed by atoms with Crippen LogP contribution in [0.25, 0.3) is 0 Å². The standard InChI is InChI=1S/C23H26N2O3/c1-27-22-10-4-2-8-20(22)17-25(16-19-7-6-12-24-15-19)18-21-9-3-5-11-23(21)28-14-13-26/h2-12,15,26H,13-14,16-18H2,1H3. The number of aliphatic hydroxyl groups excluding tert-OH is 1. The van der Waals surface area contributed by atoms with Crippen molar-refractivity contribution < 1.29 is 14.6 Å². The van der Waals surface area contributed by atoms with Crippen LogP contribution in [0.3, 0.4) is 0 Å². The molecule has 5 nitrogen and oxygen atoms in total. The fraction of sp³-hybridized carbons (Fsp3) is 0.261. The molecule has 146 valence electrons. The van der Waals surface area contributed by atoms with E-state index in [1.165, 1.54) is 0 Å². The Morgan fingerprint density at radius 3 is 2.18 bits per heavy atom. The maximum absolute atomic E-state index is 9.09. The summed E-state index contributed by atoms with van der Waals surface area (Å²) in [6.45, 7) is 2.46. The van der Waals surface area contributed by atoms with Crippen LogP contribution in [0.2, 0.25) is 0 Å². The van der Waals surface area contributed by atoms with E-state index in [1.807, 2.05) is 48.7 Å². The van der Waals surface area contributed by atoms with E-state index < -0.39 is 0 Å². The first kappa shape index (κ1) is 19.9. The summed E-state index contributed by atoms with van der Waals surface area (Å²) in [5.41, 5.74) is 3.35. The first-order valence-corrected chi connectivity index (χ1v) is 9.35. The molecular formula is C23H26N2O3. The summed E-state index contributed by atoms with van der Waals surface area (Å²) in [4.78, 5) is 6.57. The molecule has 0 atom stereocenters. The topological polar surface area (TPSA) is 54.8 Å². The van der Waals surface area contributed by atoms with Crippen LogP contribution >= 0.6 is 0 Å². The van der Waals surface area contributed by atoms with Gasteiger partial charge < -0.3 is 14.6 Å². The molecule has 28 heavy (non-hydrogen) atoms. The molecule has 0 aliphatic carbocycles. The normalized spacial score (nSPS) is 10.8. The highest BCUT2D eigenvalue weighted by atomic mass is 16.5. The highest BCUT2D eigenvalue weighted by molar-refractivity contribution is 5.35. The maximum Gasteiger partial charge on any atom is 0.123 e. The number of hydrogen-bond donors (Lipinski definition) is 1. The molecule has 0 amide bonds. The average Bonchev–Trinajstić information content (AvgIpc) is 2.74. The van der Waals surface area contributed by atoms with Crippen LogP contribution in [-0.2, 0) is 19.6 Å². The van der Waals surface area contributed by atoms with Crippen molar-refractivity contribution in [1.82, 2.24) is 9.88 Å². The van der Waals surface area contributed by atoms with Crippen molar-refractivity contribution in [3.05, 3.63) is 89.7 Å². The molecule has 0 aliphatic rings. The molecular weight excluding hydrogens is 352 g/mol. The second-order valence-electron chi connectivity index (χ2n) is 6.50. The van der Waals surface area contributed by atoms with Gasteiger partial charge in [-0.05, 0) is 23.8 Å². The molecule has 1 heterocycles. The first-order valence-electron chi connectivity index (χ1n) is 9.35. The van der Waals surface area contributed by atoms with Crippen molar-refractivity contribution in [3.8, 4) is 11.5 Å². The molecule has 0 radical (unpaired) electrons. The predicted octanol–water partition coefficient (Wildman–Crippen LogP) is 3.66. The van der Waals surface area contributed by atoms with Crippen molar-refractivity contribution in [2.45, 2.75) is 19.6 Å². The lowest BCUT2D eigenvalue weighted by Gasteiger charge is -2.24. The van der Waals surface area contributed by atoms with Gasteiger partial charge >= 0.3 is 0 Å². The molecule has 0 unspecified atom stereocenters. The number of ether oxygens (including phenoxy) is 2. The molecule has 0 bridgehead atoms. The lowest BCUT2D eigenvalue weighted by atomic mass is 10.1. The second kappa shape index (κ2) is 10.4. The zero-order valence-corrected chi connectivity index (χ0v) is 16.1. The Labute approximate surface area is 166 Å². The van der Waals surface area contributed by atoms with Crippen LogP contribution in [0, 0.1) is 0 Å². The molecule has 5 heteroatoms. The molecule has 0 fully saturated rings. The minimum atomic E-state index is -0.00501. The van der Waals surface area contributed by atoms with Crippen LogP contribution in [0.5, 0.6) is 11.5 Å². The van der Waals surface area contributed by atoms with Crippen LogP contribution < -0.4 is 9.47 Å². The number of rotatable bonds is 10. The van der Waals surface area contributed by atoms with Gasteiger partial charge in [-0.1, -0.05) is 42.5 Å². The van der Waals surface area contributed by atoms with Crippen LogP contribution in [0.15, 0.2) is 73.1 Å². The number of methoxy groups -OCH3 is 1. The van der Waals surface area contributed by atoms with E-state index in [4.69, 9.17) is 14.6 Å². The third-order valence-electron chi connectivity index (χ3n) is 4.43. The first-order chi connectivity index (χ1) is 13.8. The molecule has 0 saturated heterocycles. The Hall–Kier alpha value is -2.89. The van der Waals surface area contributed by atoms with E-state index in [0.29, 0.717) is 6.54 Å². The Balaban J connectivity index is 1.84. The zero-order chi connectivity index (χ0) is 19.6. The van der Waals surface area contributed by atoms with Gasteiger partial charge in [0.15, 0.2) is 0 Å². The summed E-state index contributed by atoms with van der Waals surface area (Å²) in [7, 11) is 1.70. The third kappa shape index (κ3) is 5.55. The van der Waals surface area contributed by atoms with Crippen molar-refractivity contribution >= 4 is 0 Å². The predicted molar refractivity (Wildman–Crippen MR) is 109 cm³/mol. The number of aliphatic hydroxyl groups is 1. The smallest absolute Gasteiger partial charge is 0.123 e. The van der Waals surface area contributed by atoms with Gasteiger partial charge in [-0.15, -0.1) is 0 Å². The number of hydrogen-bond acceptors (Lipinski definition) is 5. The quantitative estimate of drug-likeness (QED) is 0.583. The van der Waals surface area contributed by atoms with Gasteiger partial charge in [-0.3, -0.25) is 9.88 Å². The summed E-state index contributed by atoms with van der Waals surface area (Å²) < 4.78 is 11.3. The van der Waals surface area contributed by atoms with Gasteiger partial charge in [0.1, 0.15) is 18.1 Å². The number of para-hydroxylation sites is 2. The summed E-state index contributed by atoms with van der Waals surface area (Å²) >= 11 is 0. The van der Waals surface area contributed by atoms with E-state index in [0.717, 1.165) is 41.3 Å². The van der Waals surface area contributed by atoms with Crippen molar-refractivity contribution in [2.24, 2.45) is 0 Å². The van der Waals surface area contributed by atoms with Crippen LogP contribution in [0.4, 0.5) is 0 Å². The van der Waals surface area contributed by atoms with Crippen molar-refractivity contribution in [3.63, 3.8) is 0 Å². The summed E-state index contributed by atoms with van der Waals surface area (Å²) in [6.07, 6.45) is 3.68. The summed E-state index contributed by atoms with van der Waals surface area (Å²) in [5, 5.41) is 9.09. The van der Waals surface area contributed by atoms with Crippen LogP contribution in [-0.4, -0.2) is 35.3 Å². The number of aromatic nitrogens is 1. The van der Waals surface area contributed by atoms with Crippen molar-refractivity contribution in [1.29, 1.82) is 0 Å². The molecule has 1 aromatic heterocycles. The Morgan fingerprint density at radius 1 is 0.857 bits per heavy atom. The molecule has 3 aromatic rings. The lowest BCUT2D eigenvalue weighted by Crippen LogP contribution is -2.23. The maximum atomic E-state index is 9.09. The minimum Gasteiger partial charge on any atom is -0.496 e. The molecule has 2 aromatic carbocycles. The molecule has 0 aliphatic heterocycles. The molecule has 0 spiro atoms. The van der Waals surface area contributed by atoms with Gasteiger partial charge in [0.25, 0.3) is 0 Å². The lowest BCUT2D eigenvalue weighted by molar-refractivity contribution is 0.195. The number of benzene rings is 2. The second-order valence-corrected chi connectivity index (χ2v) is 6.50. The van der Waals surface area contributed by atoms with Crippen molar-refractivity contribution in [2.75, 3.05) is 20.3 Å². The average molecular weight is 378 g/mol. The van der Waals surface area contributed by atoms with Gasteiger partial charge in [-0.25, -0.2) is 0 Å². The number of pyridine rings is 1. The Kier molecular flexibility index (Phi) is 7.41. The minimum absolute atomic E-state index is 0.00501. The van der Waals surface area contributed by atoms with E-state index in [-0.39, 0.29) is 13.2 Å². The molecule has 1 N–H and O–H groups in total. The van der Waals surface area contributed by atoms with Gasteiger partial charge in [0, 0.05) is 43.2 Å². The monoisotopic (exact) mass is 378 g/mol. The zero-order valence-electron chi connectivity index (χ0n) is 16.1. The van der Waals surface area contributed by atoms with E-state index in [2.05, 4.69) is 28.1 Å². The SMILES string of the molecule is COc1ccccc1CN(Cc1cccnc1)Cc1ccccc1OCCO. The van der Waals surface area contributed by atoms with Gasteiger partial charge in [0.05, 0.1) is 13.7 Å². The van der Waals surface area contributed by atoms with Gasteiger partial charge in [-0.2, -0.15) is 0 Å². The Bertz CT molecular complexity index is 855. The summed E-state index contributed by atoms with van der Waals surface area (Å²) in [6, 6.07) is 20.1. The fourth-order valence-electron chi connectivity index (χ4n) is 3.16. The van der Waals surface area contributed by atoms with Crippen LogP contribution in [0.1, 0.15) is 16.7 Å².